The fraction of sp³-hybridized carbons (Fsp3) is 0.355. The normalized spacial score (nSPS) is 15.4. The Bertz CT molecular complexity index is 1570. The van der Waals surface area contributed by atoms with Crippen molar-refractivity contribution in [2.45, 2.75) is 19.3 Å². The number of amides is 3. The standard InChI is InChI=1S/C31H36Cl2N8O4/c1-5-26(42)38-21-14-19(41-13-10-31(17-41)8-11-34-12-9-31)6-7-20(21)37-24-16-25(36-18-35-24)40(2)30(43)39-29-27(32)22(44-3)15-23(45-4)28(29)33/h5-7,14-16,18,34H,1,8-13,17H2,2-4H3,(H,38,42)(H,39,43)(H,35,36,37). The zero-order chi connectivity index (χ0) is 32.1. The number of halogens is 2. The van der Waals surface area contributed by atoms with Crippen LogP contribution in [0.5, 0.6) is 11.5 Å². The monoisotopic (exact) mass is 654 g/mol. The molecule has 2 aliphatic heterocycles. The van der Waals surface area contributed by atoms with Gasteiger partial charge in [-0.05, 0) is 62.0 Å². The highest BCUT2D eigenvalue weighted by atomic mass is 35.5. The van der Waals surface area contributed by atoms with Crippen molar-refractivity contribution in [2.24, 2.45) is 5.41 Å². The van der Waals surface area contributed by atoms with E-state index in [0.717, 1.165) is 38.3 Å². The first-order valence-corrected chi connectivity index (χ1v) is 15.2. The maximum atomic E-state index is 13.2. The minimum Gasteiger partial charge on any atom is -0.495 e. The summed E-state index contributed by atoms with van der Waals surface area (Å²) in [5, 5.41) is 12.6. The Morgan fingerprint density at radius 2 is 1.73 bits per heavy atom. The van der Waals surface area contributed by atoms with E-state index in [0.29, 0.717) is 22.6 Å². The van der Waals surface area contributed by atoms with E-state index < -0.39 is 6.03 Å². The Balaban J connectivity index is 1.35. The van der Waals surface area contributed by atoms with Crippen molar-refractivity contribution in [1.29, 1.82) is 0 Å². The number of hydrogen-bond donors (Lipinski definition) is 4. The number of nitrogens with one attached hydrogen (secondary N) is 4. The quantitative estimate of drug-likeness (QED) is 0.208. The highest BCUT2D eigenvalue weighted by Gasteiger charge is 2.39. The van der Waals surface area contributed by atoms with E-state index in [1.807, 2.05) is 18.2 Å². The number of hydrogen-bond acceptors (Lipinski definition) is 9. The van der Waals surface area contributed by atoms with Crippen LogP contribution in [0.15, 0.2) is 49.3 Å². The van der Waals surface area contributed by atoms with Gasteiger partial charge in [-0.2, -0.15) is 0 Å². The predicted molar refractivity (Wildman–Crippen MR) is 179 cm³/mol. The molecule has 0 unspecified atom stereocenters. The highest BCUT2D eigenvalue weighted by molar-refractivity contribution is 6.41. The molecule has 0 radical (unpaired) electrons. The third-order valence-electron chi connectivity index (χ3n) is 8.28. The van der Waals surface area contributed by atoms with Crippen molar-refractivity contribution in [3.05, 3.63) is 59.4 Å². The maximum absolute atomic E-state index is 13.2. The molecule has 1 aromatic heterocycles. The van der Waals surface area contributed by atoms with Gasteiger partial charge in [-0.1, -0.05) is 29.8 Å². The van der Waals surface area contributed by atoms with Gasteiger partial charge in [-0.3, -0.25) is 9.69 Å². The number of urea groups is 1. The molecule has 3 amide bonds. The molecule has 1 spiro atoms. The molecule has 2 aromatic carbocycles. The molecule has 0 bridgehead atoms. The van der Waals surface area contributed by atoms with Gasteiger partial charge < -0.3 is 35.6 Å². The van der Waals surface area contributed by atoms with Crippen molar-refractivity contribution < 1.29 is 19.1 Å². The average Bonchev–Trinajstić information content (AvgIpc) is 3.46. The predicted octanol–water partition coefficient (Wildman–Crippen LogP) is 5.92. The summed E-state index contributed by atoms with van der Waals surface area (Å²) in [5.41, 5.74) is 2.68. The van der Waals surface area contributed by atoms with E-state index in [1.54, 1.807) is 6.07 Å². The van der Waals surface area contributed by atoms with Gasteiger partial charge in [0.05, 0.1) is 31.3 Å². The van der Waals surface area contributed by atoms with E-state index >= 15 is 0 Å². The van der Waals surface area contributed by atoms with Crippen LogP contribution in [-0.4, -0.2) is 69.4 Å². The third kappa shape index (κ3) is 7.03. The van der Waals surface area contributed by atoms with Crippen LogP contribution in [0, 0.1) is 5.41 Å². The number of aromatic nitrogens is 2. The largest absolute Gasteiger partial charge is 0.495 e. The number of carbonyl (C=O) groups is 2. The lowest BCUT2D eigenvalue weighted by Crippen LogP contribution is -2.38. The van der Waals surface area contributed by atoms with Crippen molar-refractivity contribution in [1.82, 2.24) is 15.3 Å². The first-order chi connectivity index (χ1) is 21.7. The number of anilines is 6. The summed E-state index contributed by atoms with van der Waals surface area (Å²) in [6.07, 6.45) is 6.04. The summed E-state index contributed by atoms with van der Waals surface area (Å²) in [6, 6.07) is 8.45. The number of rotatable bonds is 9. The minimum atomic E-state index is -0.570. The second-order valence-electron chi connectivity index (χ2n) is 11.0. The van der Waals surface area contributed by atoms with Crippen molar-refractivity contribution in [3.63, 3.8) is 0 Å². The summed E-state index contributed by atoms with van der Waals surface area (Å²) in [5.74, 6) is 0.911. The summed E-state index contributed by atoms with van der Waals surface area (Å²) in [7, 11) is 4.43. The summed E-state index contributed by atoms with van der Waals surface area (Å²) in [6.45, 7) is 7.64. The Morgan fingerprint density at radius 3 is 2.40 bits per heavy atom. The van der Waals surface area contributed by atoms with Gasteiger partial charge in [0.25, 0.3) is 0 Å². The van der Waals surface area contributed by atoms with Crippen molar-refractivity contribution in [3.8, 4) is 11.5 Å². The molecule has 0 atom stereocenters. The molecule has 3 heterocycles. The second kappa shape index (κ2) is 13.8. The molecule has 3 aromatic rings. The second-order valence-corrected chi connectivity index (χ2v) is 11.8. The van der Waals surface area contributed by atoms with Crippen LogP contribution in [0.4, 0.5) is 39.2 Å². The number of piperidine rings is 1. The fourth-order valence-electron chi connectivity index (χ4n) is 5.67. The minimum absolute atomic E-state index is 0.118. The Morgan fingerprint density at radius 1 is 1.02 bits per heavy atom. The number of methoxy groups -OCH3 is 2. The van der Waals surface area contributed by atoms with Gasteiger partial charge >= 0.3 is 6.03 Å². The topological polar surface area (TPSA) is 133 Å². The molecular weight excluding hydrogens is 619 g/mol. The first kappa shape index (κ1) is 32.1. The molecule has 2 fully saturated rings. The van der Waals surface area contributed by atoms with Gasteiger partial charge in [0.15, 0.2) is 0 Å². The van der Waals surface area contributed by atoms with Crippen LogP contribution in [-0.2, 0) is 4.79 Å². The van der Waals surface area contributed by atoms with E-state index in [1.165, 1.54) is 57.5 Å². The lowest BCUT2D eigenvalue weighted by atomic mass is 9.78. The number of nitrogens with zero attached hydrogens (tertiary/aromatic N) is 4. The smallest absolute Gasteiger partial charge is 0.327 e. The molecule has 14 heteroatoms. The maximum Gasteiger partial charge on any atom is 0.327 e. The molecule has 12 nitrogen and oxygen atoms in total. The molecule has 2 saturated heterocycles. The molecule has 0 aliphatic carbocycles. The van der Waals surface area contributed by atoms with Crippen LogP contribution in [0.1, 0.15) is 19.3 Å². The zero-order valence-corrected chi connectivity index (χ0v) is 26.9. The Labute approximate surface area is 272 Å². The van der Waals surface area contributed by atoms with Crippen molar-refractivity contribution in [2.75, 3.05) is 73.2 Å². The van der Waals surface area contributed by atoms with Gasteiger partial charge in [-0.15, -0.1) is 0 Å². The van der Waals surface area contributed by atoms with Crippen LogP contribution in [0.25, 0.3) is 0 Å². The average molecular weight is 656 g/mol. The molecule has 0 saturated carbocycles. The van der Waals surface area contributed by atoms with Gasteiger partial charge in [0.2, 0.25) is 5.91 Å². The molecule has 45 heavy (non-hydrogen) atoms. The van der Waals surface area contributed by atoms with E-state index in [-0.39, 0.29) is 39.0 Å². The third-order valence-corrected chi connectivity index (χ3v) is 9.03. The van der Waals surface area contributed by atoms with Crippen LogP contribution in [0.2, 0.25) is 10.0 Å². The molecule has 2 aliphatic rings. The molecular formula is C31H36Cl2N8O4. The number of benzene rings is 2. The van der Waals surface area contributed by atoms with E-state index in [2.05, 4.69) is 42.7 Å². The van der Waals surface area contributed by atoms with Crippen LogP contribution < -0.4 is 40.5 Å². The Hall–Kier alpha value is -4.26. The van der Waals surface area contributed by atoms with Gasteiger partial charge in [-0.25, -0.2) is 14.8 Å². The SMILES string of the molecule is C=CC(=O)Nc1cc(N2CCC3(CCNCC3)C2)ccc1Nc1cc(N(C)C(=O)Nc2c(Cl)c(OC)cc(OC)c2Cl)ncn1. The first-order valence-electron chi connectivity index (χ1n) is 14.4. The van der Waals surface area contributed by atoms with Gasteiger partial charge in [0.1, 0.15) is 39.5 Å². The van der Waals surface area contributed by atoms with Crippen LogP contribution in [0.3, 0.4) is 0 Å². The lowest BCUT2D eigenvalue weighted by molar-refractivity contribution is -0.111. The van der Waals surface area contributed by atoms with E-state index in [4.69, 9.17) is 32.7 Å². The summed E-state index contributed by atoms with van der Waals surface area (Å²) >= 11 is 12.9. The number of ether oxygens (including phenoxy) is 2. The molecule has 238 valence electrons. The molecule has 4 N–H and O–H groups in total. The van der Waals surface area contributed by atoms with Crippen molar-refractivity contribution >= 4 is 69.5 Å². The zero-order valence-electron chi connectivity index (χ0n) is 25.4. The van der Waals surface area contributed by atoms with Gasteiger partial charge in [0, 0.05) is 38.0 Å². The van der Waals surface area contributed by atoms with Crippen LogP contribution >= 0.6 is 23.2 Å². The lowest BCUT2D eigenvalue weighted by Gasteiger charge is -2.34. The van der Waals surface area contributed by atoms with E-state index in [9.17, 15) is 9.59 Å². The Kier molecular flexibility index (Phi) is 9.86. The highest BCUT2D eigenvalue weighted by Crippen LogP contribution is 2.44. The number of carbonyl (C=O) groups excluding carboxylic acids is 2. The fourth-order valence-corrected chi connectivity index (χ4v) is 6.27. The summed E-state index contributed by atoms with van der Waals surface area (Å²) in [4.78, 5) is 37.8. The summed E-state index contributed by atoms with van der Waals surface area (Å²) < 4.78 is 10.6. The molecule has 5 rings (SSSR count).